The fraction of sp³-hybridized carbons (Fsp3) is 0.348. The van der Waals surface area contributed by atoms with Gasteiger partial charge in [-0.2, -0.15) is 5.10 Å². The predicted octanol–water partition coefficient (Wildman–Crippen LogP) is 2.98. The summed E-state index contributed by atoms with van der Waals surface area (Å²) in [5, 5.41) is 7.19. The molecule has 0 aliphatic heterocycles. The van der Waals surface area contributed by atoms with Gasteiger partial charge in [-0.1, -0.05) is 6.07 Å². The van der Waals surface area contributed by atoms with Gasteiger partial charge in [0.1, 0.15) is 0 Å². The van der Waals surface area contributed by atoms with Crippen LogP contribution in [0.5, 0.6) is 0 Å². The molecule has 1 aromatic carbocycles. The molecule has 0 bridgehead atoms. The second-order valence-electron chi connectivity index (χ2n) is 8.13. The van der Waals surface area contributed by atoms with Gasteiger partial charge in [-0.05, 0) is 74.6 Å². The number of aromatic nitrogens is 3. The second-order valence-corrected chi connectivity index (χ2v) is 9.84. The first-order chi connectivity index (χ1) is 15.4. The Hall–Kier alpha value is -3.04. The van der Waals surface area contributed by atoms with Crippen LogP contribution in [-0.2, 0) is 14.8 Å². The van der Waals surface area contributed by atoms with Crippen molar-refractivity contribution in [2.45, 2.75) is 49.6 Å². The van der Waals surface area contributed by atoms with Crippen molar-refractivity contribution in [2.75, 3.05) is 0 Å². The van der Waals surface area contributed by atoms with Gasteiger partial charge in [0.25, 0.3) is 0 Å². The van der Waals surface area contributed by atoms with Crippen molar-refractivity contribution in [1.29, 1.82) is 0 Å². The lowest BCUT2D eigenvalue weighted by atomic mass is 9.85. The van der Waals surface area contributed by atoms with E-state index < -0.39 is 10.0 Å². The van der Waals surface area contributed by atoms with Gasteiger partial charge in [0.15, 0.2) is 0 Å². The topological polar surface area (TPSA) is 106 Å². The average molecular weight is 454 g/mol. The summed E-state index contributed by atoms with van der Waals surface area (Å²) in [4.78, 5) is 17.0. The molecule has 2 heterocycles. The maximum atomic E-state index is 12.8. The zero-order valence-electron chi connectivity index (χ0n) is 17.9. The van der Waals surface area contributed by atoms with Crippen LogP contribution in [0.1, 0.15) is 44.2 Å². The normalized spacial score (nSPS) is 19.9. The zero-order chi connectivity index (χ0) is 22.6. The van der Waals surface area contributed by atoms with E-state index in [9.17, 15) is 13.2 Å². The molecule has 1 unspecified atom stereocenters. The van der Waals surface area contributed by atoms with E-state index in [1.54, 1.807) is 53.7 Å². The number of amides is 1. The maximum Gasteiger partial charge on any atom is 0.240 e. The van der Waals surface area contributed by atoms with E-state index in [2.05, 4.69) is 20.1 Å². The summed E-state index contributed by atoms with van der Waals surface area (Å²) in [7, 11) is -3.63. The van der Waals surface area contributed by atoms with Gasteiger partial charge in [0.2, 0.25) is 15.9 Å². The molecular formula is C23H27N5O3S. The van der Waals surface area contributed by atoms with Crippen molar-refractivity contribution in [3.8, 4) is 5.69 Å². The van der Waals surface area contributed by atoms with E-state index in [1.165, 1.54) is 0 Å². The number of nitrogens with one attached hydrogen (secondary N) is 2. The lowest BCUT2D eigenvalue weighted by Gasteiger charge is -2.29. The number of hydrogen-bond donors (Lipinski definition) is 2. The van der Waals surface area contributed by atoms with Crippen LogP contribution in [0.2, 0.25) is 0 Å². The zero-order valence-corrected chi connectivity index (χ0v) is 18.7. The molecule has 1 fully saturated rings. The summed E-state index contributed by atoms with van der Waals surface area (Å²) >= 11 is 0. The van der Waals surface area contributed by atoms with Gasteiger partial charge in [0.05, 0.1) is 16.6 Å². The Labute approximate surface area is 188 Å². The number of pyridine rings is 1. The molecule has 1 aliphatic rings. The maximum absolute atomic E-state index is 12.8. The van der Waals surface area contributed by atoms with E-state index in [1.807, 2.05) is 25.1 Å². The summed E-state index contributed by atoms with van der Waals surface area (Å²) in [5.74, 6) is -0.0971. The quantitative estimate of drug-likeness (QED) is 0.572. The number of nitrogens with zero attached hydrogens (tertiary/aromatic N) is 3. The number of benzene rings is 1. The molecule has 32 heavy (non-hydrogen) atoms. The summed E-state index contributed by atoms with van der Waals surface area (Å²) in [6.45, 7) is 1.94. The Balaban J connectivity index is 1.30. The minimum Gasteiger partial charge on any atom is -0.349 e. The van der Waals surface area contributed by atoms with Crippen LogP contribution in [0.25, 0.3) is 5.69 Å². The number of hydrogen-bond acceptors (Lipinski definition) is 5. The van der Waals surface area contributed by atoms with Crippen LogP contribution in [0.3, 0.4) is 0 Å². The Morgan fingerprint density at radius 1 is 1.06 bits per heavy atom. The third-order valence-corrected chi connectivity index (χ3v) is 7.42. The van der Waals surface area contributed by atoms with Gasteiger partial charge in [-0.3, -0.25) is 9.78 Å². The van der Waals surface area contributed by atoms with Gasteiger partial charge in [-0.25, -0.2) is 17.8 Å². The third-order valence-electron chi connectivity index (χ3n) is 5.88. The molecule has 0 radical (unpaired) electrons. The first kappa shape index (κ1) is 22.2. The molecule has 2 N–H and O–H groups in total. The van der Waals surface area contributed by atoms with Crippen LogP contribution in [0.15, 0.2) is 72.1 Å². The van der Waals surface area contributed by atoms with Gasteiger partial charge in [-0.15, -0.1) is 0 Å². The molecule has 1 aliphatic carbocycles. The monoisotopic (exact) mass is 453 g/mol. The smallest absolute Gasteiger partial charge is 0.240 e. The van der Waals surface area contributed by atoms with E-state index in [0.717, 1.165) is 11.3 Å². The molecule has 2 aromatic heterocycles. The summed E-state index contributed by atoms with van der Waals surface area (Å²) in [6.07, 6.45) is 9.48. The molecule has 0 spiro atoms. The van der Waals surface area contributed by atoms with Crippen molar-refractivity contribution in [1.82, 2.24) is 24.8 Å². The fourth-order valence-electron chi connectivity index (χ4n) is 4.01. The lowest BCUT2D eigenvalue weighted by Crippen LogP contribution is -2.41. The van der Waals surface area contributed by atoms with E-state index in [4.69, 9.17) is 0 Å². The molecule has 1 amide bonds. The minimum absolute atomic E-state index is 0.0110. The largest absolute Gasteiger partial charge is 0.349 e. The summed E-state index contributed by atoms with van der Waals surface area (Å²) in [5.41, 5.74) is 1.75. The molecule has 1 atom stereocenters. The Morgan fingerprint density at radius 3 is 2.44 bits per heavy atom. The van der Waals surface area contributed by atoms with Gasteiger partial charge >= 0.3 is 0 Å². The third kappa shape index (κ3) is 5.23. The Bertz CT molecular complexity index is 1120. The van der Waals surface area contributed by atoms with Crippen LogP contribution < -0.4 is 10.0 Å². The Kier molecular flexibility index (Phi) is 6.66. The van der Waals surface area contributed by atoms with Crippen molar-refractivity contribution < 1.29 is 13.2 Å². The number of carbonyl (C=O) groups excluding carboxylic acids is 1. The van der Waals surface area contributed by atoms with Crippen LogP contribution in [0.4, 0.5) is 0 Å². The molecule has 1 saturated carbocycles. The molecule has 8 nitrogen and oxygen atoms in total. The molecule has 3 aromatic rings. The van der Waals surface area contributed by atoms with Crippen molar-refractivity contribution in [3.63, 3.8) is 0 Å². The van der Waals surface area contributed by atoms with E-state index in [0.29, 0.717) is 25.7 Å². The molecular weight excluding hydrogens is 426 g/mol. The first-order valence-corrected chi connectivity index (χ1v) is 12.2. The standard InChI is InChI=1S/C23H27N5O3S/c1-17(19-4-2-13-24-16-19)26-23(29)18-5-7-20(8-6-18)27-32(30,31)22-11-9-21(10-12-22)28-15-3-14-25-28/h2-4,9-18,20,27H,5-8H2,1H3,(H,26,29). The average Bonchev–Trinajstić information content (AvgIpc) is 3.35. The Morgan fingerprint density at radius 2 is 1.81 bits per heavy atom. The predicted molar refractivity (Wildman–Crippen MR) is 120 cm³/mol. The SMILES string of the molecule is CC(NC(=O)C1CCC(NS(=O)(=O)c2ccc(-n3cccn3)cc2)CC1)c1cccnc1. The van der Waals surface area contributed by atoms with Crippen molar-refractivity contribution in [3.05, 3.63) is 72.8 Å². The number of rotatable bonds is 7. The summed E-state index contributed by atoms with van der Waals surface area (Å²) < 4.78 is 30.1. The second kappa shape index (κ2) is 9.62. The lowest BCUT2D eigenvalue weighted by molar-refractivity contribution is -0.126. The van der Waals surface area contributed by atoms with E-state index >= 15 is 0 Å². The fourth-order valence-corrected chi connectivity index (χ4v) is 5.31. The highest BCUT2D eigenvalue weighted by Crippen LogP contribution is 2.27. The number of sulfonamides is 1. The van der Waals surface area contributed by atoms with E-state index in [-0.39, 0.29) is 28.8 Å². The van der Waals surface area contributed by atoms with Crippen molar-refractivity contribution >= 4 is 15.9 Å². The van der Waals surface area contributed by atoms with Crippen LogP contribution in [-0.4, -0.2) is 35.1 Å². The van der Waals surface area contributed by atoms with Gasteiger partial charge in [0, 0.05) is 36.7 Å². The highest BCUT2D eigenvalue weighted by molar-refractivity contribution is 7.89. The molecule has 0 saturated heterocycles. The first-order valence-electron chi connectivity index (χ1n) is 10.7. The minimum atomic E-state index is -3.63. The highest BCUT2D eigenvalue weighted by Gasteiger charge is 2.29. The molecule has 4 rings (SSSR count). The molecule has 9 heteroatoms. The molecule has 168 valence electrons. The van der Waals surface area contributed by atoms with Crippen LogP contribution >= 0.6 is 0 Å². The van der Waals surface area contributed by atoms with Crippen LogP contribution in [0, 0.1) is 5.92 Å². The van der Waals surface area contributed by atoms with Crippen molar-refractivity contribution in [2.24, 2.45) is 5.92 Å². The summed E-state index contributed by atoms with van der Waals surface area (Å²) in [6, 6.07) is 11.9. The number of carbonyl (C=O) groups is 1. The van der Waals surface area contributed by atoms with Gasteiger partial charge < -0.3 is 5.32 Å². The highest BCUT2D eigenvalue weighted by atomic mass is 32.2.